The number of carboxylic acid groups (broad SMARTS) is 1. The minimum absolute atomic E-state index is 0. The molecule has 0 fully saturated rings. The number of phenolic OH excluding ortho intramolecular Hbond substituents is 1. The summed E-state index contributed by atoms with van der Waals surface area (Å²) in [5, 5.41) is 29.5. The average molecular weight is 205 g/mol. The number of benzene rings is 1. The van der Waals surface area contributed by atoms with Crippen molar-refractivity contribution in [2.24, 2.45) is 0 Å². The van der Waals surface area contributed by atoms with Crippen LogP contribution in [0, 0.1) is 10.1 Å². The molecule has 0 aliphatic rings. The van der Waals surface area contributed by atoms with E-state index in [9.17, 15) is 20.0 Å². The third kappa shape index (κ3) is 2.69. The van der Waals surface area contributed by atoms with Crippen LogP contribution < -0.4 is 34.7 Å². The molecule has 0 saturated carbocycles. The third-order valence-electron chi connectivity index (χ3n) is 1.40. The fourth-order valence-electron chi connectivity index (χ4n) is 0.847. The van der Waals surface area contributed by atoms with Crippen LogP contribution in [0.3, 0.4) is 0 Å². The van der Waals surface area contributed by atoms with Crippen molar-refractivity contribution in [3.8, 4) is 5.75 Å². The summed E-state index contributed by atoms with van der Waals surface area (Å²) in [5.74, 6) is -2.05. The van der Waals surface area contributed by atoms with Gasteiger partial charge in [0.15, 0.2) is 0 Å². The minimum Gasteiger partial charge on any atom is -0.545 e. The molecule has 0 aliphatic carbocycles. The van der Waals surface area contributed by atoms with E-state index in [1.165, 1.54) is 0 Å². The van der Waals surface area contributed by atoms with Gasteiger partial charge in [-0.25, -0.2) is 0 Å². The summed E-state index contributed by atoms with van der Waals surface area (Å²) in [6.45, 7) is 0. The predicted molar refractivity (Wildman–Crippen MR) is 39.1 cm³/mol. The van der Waals surface area contributed by atoms with Gasteiger partial charge < -0.3 is 15.0 Å². The SMILES string of the molecule is O=C([O-])c1cc(O)ccc1[N+](=O)[O-].[Na+]. The van der Waals surface area contributed by atoms with Crippen LogP contribution in [-0.4, -0.2) is 16.0 Å². The summed E-state index contributed by atoms with van der Waals surface area (Å²) in [5.41, 5.74) is -1.23. The molecular weight excluding hydrogens is 201 g/mol. The first-order chi connectivity index (χ1) is 6.02. The first kappa shape index (κ1) is 12.9. The zero-order valence-electron chi connectivity index (χ0n) is 7.26. The van der Waals surface area contributed by atoms with E-state index in [1.807, 2.05) is 0 Å². The number of phenols is 1. The van der Waals surface area contributed by atoms with E-state index >= 15 is 0 Å². The summed E-state index contributed by atoms with van der Waals surface area (Å²) in [6.07, 6.45) is 0. The first-order valence-corrected chi connectivity index (χ1v) is 3.21. The fourth-order valence-corrected chi connectivity index (χ4v) is 0.847. The van der Waals surface area contributed by atoms with E-state index in [0.717, 1.165) is 18.2 Å². The number of aromatic carboxylic acids is 1. The Kier molecular flexibility index (Phi) is 4.55. The summed E-state index contributed by atoms with van der Waals surface area (Å²) in [4.78, 5) is 19.8. The first-order valence-electron chi connectivity index (χ1n) is 3.21. The van der Waals surface area contributed by atoms with Gasteiger partial charge in [0.25, 0.3) is 5.69 Å². The standard InChI is InChI=1S/C7H5NO5.Na/c9-4-1-2-6(8(12)13)5(3-4)7(10)11;/h1-3,9H,(H,10,11);/q;+1/p-1. The van der Waals surface area contributed by atoms with Gasteiger partial charge in [-0.2, -0.15) is 0 Å². The Morgan fingerprint density at radius 2 is 2.00 bits per heavy atom. The maximum atomic E-state index is 10.4. The van der Waals surface area contributed by atoms with Gasteiger partial charge in [-0.05, 0) is 12.1 Å². The zero-order valence-corrected chi connectivity index (χ0v) is 9.26. The predicted octanol–water partition coefficient (Wildman–Crippen LogP) is -3.33. The number of hydrogen-bond donors (Lipinski definition) is 1. The summed E-state index contributed by atoms with van der Waals surface area (Å²) in [7, 11) is 0. The van der Waals surface area contributed by atoms with Gasteiger partial charge in [-0.1, -0.05) is 0 Å². The molecular formula is C7H4NNaO5. The molecule has 68 valence electrons. The van der Waals surface area contributed by atoms with Crippen LogP contribution in [0.4, 0.5) is 5.69 Å². The van der Waals surface area contributed by atoms with E-state index in [1.54, 1.807) is 0 Å². The number of nitro benzene ring substituents is 1. The number of nitrogens with zero attached hydrogens (tertiary/aromatic N) is 1. The zero-order chi connectivity index (χ0) is 10.0. The quantitative estimate of drug-likeness (QED) is 0.309. The topological polar surface area (TPSA) is 104 Å². The molecule has 14 heavy (non-hydrogen) atoms. The number of rotatable bonds is 2. The second-order valence-corrected chi connectivity index (χ2v) is 2.25. The number of nitro groups is 1. The van der Waals surface area contributed by atoms with Gasteiger partial charge in [0.2, 0.25) is 0 Å². The molecule has 0 radical (unpaired) electrons. The van der Waals surface area contributed by atoms with Crippen molar-refractivity contribution in [2.75, 3.05) is 0 Å². The van der Waals surface area contributed by atoms with Crippen LogP contribution in [0.15, 0.2) is 18.2 Å². The van der Waals surface area contributed by atoms with E-state index in [0.29, 0.717) is 0 Å². The van der Waals surface area contributed by atoms with Crippen LogP contribution in [0.1, 0.15) is 10.4 Å². The molecule has 0 saturated heterocycles. The molecule has 0 bridgehead atoms. The smallest absolute Gasteiger partial charge is 0.545 e. The maximum absolute atomic E-state index is 10.4. The molecule has 0 unspecified atom stereocenters. The van der Waals surface area contributed by atoms with Crippen molar-refractivity contribution in [1.29, 1.82) is 0 Å². The van der Waals surface area contributed by atoms with E-state index in [2.05, 4.69) is 0 Å². The second kappa shape index (κ2) is 4.94. The van der Waals surface area contributed by atoms with Crippen LogP contribution in [0.5, 0.6) is 5.75 Å². The van der Waals surface area contributed by atoms with Crippen LogP contribution in [0.2, 0.25) is 0 Å². The number of carboxylic acids is 1. The molecule has 0 aromatic heterocycles. The van der Waals surface area contributed by atoms with Crippen molar-refractivity contribution in [3.05, 3.63) is 33.9 Å². The molecule has 6 nitrogen and oxygen atoms in total. The van der Waals surface area contributed by atoms with Gasteiger partial charge in [-0.3, -0.25) is 10.1 Å². The molecule has 1 aromatic rings. The summed E-state index contributed by atoms with van der Waals surface area (Å²) in [6, 6.07) is 2.71. The average Bonchev–Trinajstić information content (AvgIpc) is 2.03. The monoisotopic (exact) mass is 205 g/mol. The van der Waals surface area contributed by atoms with Crippen molar-refractivity contribution in [3.63, 3.8) is 0 Å². The molecule has 0 spiro atoms. The molecule has 0 aliphatic heterocycles. The van der Waals surface area contributed by atoms with Crippen molar-refractivity contribution < 1.29 is 49.5 Å². The molecule has 0 amide bonds. The van der Waals surface area contributed by atoms with Crippen LogP contribution in [-0.2, 0) is 0 Å². The summed E-state index contributed by atoms with van der Waals surface area (Å²) >= 11 is 0. The van der Waals surface area contributed by atoms with Crippen molar-refractivity contribution >= 4 is 11.7 Å². The minimum atomic E-state index is -1.69. The largest absolute Gasteiger partial charge is 1.00 e. The number of aromatic hydroxyl groups is 1. The van der Waals surface area contributed by atoms with Crippen LogP contribution >= 0.6 is 0 Å². The normalized spacial score (nSPS) is 8.86. The second-order valence-electron chi connectivity index (χ2n) is 2.25. The Balaban J connectivity index is 0.00000169. The Bertz CT molecular complexity index is 378. The summed E-state index contributed by atoms with van der Waals surface area (Å²) < 4.78 is 0. The fraction of sp³-hybridized carbons (Fsp3) is 0. The molecule has 1 N–H and O–H groups in total. The molecule has 1 rings (SSSR count). The molecule has 0 atom stereocenters. The number of carbonyl (C=O) groups is 1. The molecule has 7 heteroatoms. The van der Waals surface area contributed by atoms with E-state index in [4.69, 9.17) is 5.11 Å². The maximum Gasteiger partial charge on any atom is 1.00 e. The third-order valence-corrected chi connectivity index (χ3v) is 1.40. The van der Waals surface area contributed by atoms with Gasteiger partial charge >= 0.3 is 29.6 Å². The Morgan fingerprint density at radius 3 is 2.43 bits per heavy atom. The molecule has 1 aromatic carbocycles. The Hall–Kier alpha value is -1.11. The Morgan fingerprint density at radius 1 is 1.43 bits per heavy atom. The van der Waals surface area contributed by atoms with Gasteiger partial charge in [-0.15, -0.1) is 0 Å². The molecule has 0 heterocycles. The number of carbonyl (C=O) groups excluding carboxylic acids is 1. The van der Waals surface area contributed by atoms with E-state index < -0.39 is 22.1 Å². The number of hydrogen-bond acceptors (Lipinski definition) is 5. The van der Waals surface area contributed by atoms with Gasteiger partial charge in [0.1, 0.15) is 5.75 Å². The van der Waals surface area contributed by atoms with Crippen molar-refractivity contribution in [2.45, 2.75) is 0 Å². The van der Waals surface area contributed by atoms with Crippen LogP contribution in [0.25, 0.3) is 0 Å². The van der Waals surface area contributed by atoms with Gasteiger partial charge in [0, 0.05) is 6.07 Å². The van der Waals surface area contributed by atoms with Gasteiger partial charge in [0.05, 0.1) is 16.5 Å². The van der Waals surface area contributed by atoms with Crippen molar-refractivity contribution in [1.82, 2.24) is 0 Å². The van der Waals surface area contributed by atoms with E-state index in [-0.39, 0.29) is 35.3 Å². The Labute approximate surface area is 101 Å².